The molecule has 0 aliphatic heterocycles. The number of carbonyl (C=O) groups excluding carboxylic acids is 1. The van der Waals surface area contributed by atoms with Crippen LogP contribution in [-0.4, -0.2) is 10.8 Å². The predicted octanol–water partition coefficient (Wildman–Crippen LogP) is 2.24. The minimum Gasteiger partial charge on any atom is -0.299 e. The fraction of sp³-hybridized carbons (Fsp3) is 0.538. The van der Waals surface area contributed by atoms with Gasteiger partial charge >= 0.3 is 0 Å². The molecule has 2 aliphatic rings. The summed E-state index contributed by atoms with van der Waals surface area (Å²) in [5.41, 5.74) is 1.11. The van der Waals surface area contributed by atoms with Gasteiger partial charge in [0, 0.05) is 24.7 Å². The van der Waals surface area contributed by atoms with Crippen molar-refractivity contribution in [3.8, 4) is 0 Å². The van der Waals surface area contributed by atoms with Crippen LogP contribution in [0.15, 0.2) is 24.5 Å². The van der Waals surface area contributed by atoms with Crippen LogP contribution in [-0.2, 0) is 11.2 Å². The summed E-state index contributed by atoms with van der Waals surface area (Å²) in [5, 5.41) is 0. The highest BCUT2D eigenvalue weighted by molar-refractivity contribution is 5.86. The van der Waals surface area contributed by atoms with Gasteiger partial charge in [0.25, 0.3) is 0 Å². The number of nitrogens with zero attached hydrogens (tertiary/aromatic N) is 1. The van der Waals surface area contributed by atoms with E-state index in [1.54, 1.807) is 12.4 Å². The highest BCUT2D eigenvalue weighted by atomic mass is 16.1. The van der Waals surface area contributed by atoms with Crippen molar-refractivity contribution in [3.63, 3.8) is 0 Å². The van der Waals surface area contributed by atoms with E-state index < -0.39 is 0 Å². The van der Waals surface area contributed by atoms with Gasteiger partial charge in [-0.1, -0.05) is 6.42 Å². The van der Waals surface area contributed by atoms with Crippen LogP contribution in [0.3, 0.4) is 0 Å². The maximum Gasteiger partial charge on any atom is 0.140 e. The molecule has 15 heavy (non-hydrogen) atoms. The molecule has 0 bridgehead atoms. The fourth-order valence-electron chi connectivity index (χ4n) is 3.12. The second-order valence-electron chi connectivity index (χ2n) is 4.78. The van der Waals surface area contributed by atoms with Crippen molar-refractivity contribution in [2.75, 3.05) is 0 Å². The summed E-state index contributed by atoms with van der Waals surface area (Å²) < 4.78 is 0. The molecular weight excluding hydrogens is 186 g/mol. The van der Waals surface area contributed by atoms with E-state index in [0.29, 0.717) is 18.1 Å². The van der Waals surface area contributed by atoms with E-state index in [2.05, 4.69) is 4.98 Å². The number of pyridine rings is 1. The number of fused-ring (bicyclic) bond motifs is 1. The zero-order valence-corrected chi connectivity index (χ0v) is 8.73. The van der Waals surface area contributed by atoms with E-state index >= 15 is 0 Å². The van der Waals surface area contributed by atoms with Gasteiger partial charge in [-0.05, 0) is 42.4 Å². The standard InChI is InChI=1S/C13H15NO/c15-12(8-9-4-6-14-7-5-9)13-10-2-1-3-11(10)13/h4-7,10-11,13H,1-3,8H2. The van der Waals surface area contributed by atoms with Gasteiger partial charge < -0.3 is 0 Å². The Morgan fingerprint density at radius 3 is 2.60 bits per heavy atom. The van der Waals surface area contributed by atoms with Crippen LogP contribution in [0.25, 0.3) is 0 Å². The summed E-state index contributed by atoms with van der Waals surface area (Å²) in [4.78, 5) is 15.9. The van der Waals surface area contributed by atoms with Gasteiger partial charge in [-0.25, -0.2) is 0 Å². The molecule has 3 rings (SSSR count). The second-order valence-corrected chi connectivity index (χ2v) is 4.78. The molecule has 0 amide bonds. The Hall–Kier alpha value is -1.18. The highest BCUT2D eigenvalue weighted by Crippen LogP contribution is 2.58. The third-order valence-electron chi connectivity index (χ3n) is 3.91. The minimum atomic E-state index is 0.409. The van der Waals surface area contributed by atoms with Crippen LogP contribution in [0.4, 0.5) is 0 Å². The summed E-state index contributed by atoms with van der Waals surface area (Å²) in [7, 11) is 0. The topological polar surface area (TPSA) is 30.0 Å². The Kier molecular flexibility index (Phi) is 2.08. The third-order valence-corrected chi connectivity index (χ3v) is 3.91. The Morgan fingerprint density at radius 2 is 1.93 bits per heavy atom. The fourth-order valence-corrected chi connectivity index (χ4v) is 3.12. The van der Waals surface area contributed by atoms with Crippen LogP contribution in [0.2, 0.25) is 0 Å². The molecule has 0 spiro atoms. The number of hydrogen-bond donors (Lipinski definition) is 0. The van der Waals surface area contributed by atoms with E-state index in [0.717, 1.165) is 17.4 Å². The van der Waals surface area contributed by atoms with Gasteiger partial charge in [-0.2, -0.15) is 0 Å². The van der Waals surface area contributed by atoms with Crippen LogP contribution in [0.5, 0.6) is 0 Å². The van der Waals surface area contributed by atoms with E-state index in [-0.39, 0.29) is 0 Å². The summed E-state index contributed by atoms with van der Waals surface area (Å²) in [6, 6.07) is 3.88. The summed E-state index contributed by atoms with van der Waals surface area (Å²) in [6.45, 7) is 0. The van der Waals surface area contributed by atoms with Gasteiger partial charge in [-0.15, -0.1) is 0 Å². The van der Waals surface area contributed by atoms with Crippen molar-refractivity contribution in [1.29, 1.82) is 0 Å². The van der Waals surface area contributed by atoms with Crippen LogP contribution >= 0.6 is 0 Å². The molecule has 2 fully saturated rings. The first-order chi connectivity index (χ1) is 7.36. The molecule has 2 unspecified atom stereocenters. The number of rotatable bonds is 3. The largest absolute Gasteiger partial charge is 0.299 e. The molecule has 2 aliphatic carbocycles. The smallest absolute Gasteiger partial charge is 0.140 e. The lowest BCUT2D eigenvalue weighted by Gasteiger charge is -2.02. The lowest BCUT2D eigenvalue weighted by atomic mass is 10.0. The van der Waals surface area contributed by atoms with E-state index in [4.69, 9.17) is 0 Å². The summed E-state index contributed by atoms with van der Waals surface area (Å²) >= 11 is 0. The molecule has 78 valence electrons. The van der Waals surface area contributed by atoms with Crippen molar-refractivity contribution >= 4 is 5.78 Å². The van der Waals surface area contributed by atoms with Crippen LogP contribution < -0.4 is 0 Å². The normalized spacial score (nSPS) is 32.4. The second kappa shape index (κ2) is 3.44. The van der Waals surface area contributed by atoms with Gasteiger partial charge in [0.2, 0.25) is 0 Å². The van der Waals surface area contributed by atoms with Crippen molar-refractivity contribution in [3.05, 3.63) is 30.1 Å². The molecule has 2 saturated carbocycles. The Balaban J connectivity index is 1.63. The van der Waals surface area contributed by atoms with E-state index in [1.807, 2.05) is 12.1 Å². The SMILES string of the molecule is O=C(Cc1ccncc1)C1C2CCCC21. The monoisotopic (exact) mass is 201 g/mol. The maximum atomic E-state index is 12.0. The molecule has 2 heteroatoms. The number of hydrogen-bond acceptors (Lipinski definition) is 2. The van der Waals surface area contributed by atoms with Crippen LogP contribution in [0.1, 0.15) is 24.8 Å². The lowest BCUT2D eigenvalue weighted by molar-refractivity contribution is -0.120. The first-order valence-electron chi connectivity index (χ1n) is 5.78. The number of ketones is 1. The van der Waals surface area contributed by atoms with E-state index in [1.165, 1.54) is 19.3 Å². The molecule has 0 aromatic carbocycles. The predicted molar refractivity (Wildman–Crippen MR) is 57.3 cm³/mol. The Morgan fingerprint density at radius 1 is 1.27 bits per heavy atom. The molecule has 0 saturated heterocycles. The molecule has 1 heterocycles. The van der Waals surface area contributed by atoms with Crippen molar-refractivity contribution < 1.29 is 4.79 Å². The van der Waals surface area contributed by atoms with Crippen molar-refractivity contribution in [1.82, 2.24) is 4.98 Å². The molecule has 0 N–H and O–H groups in total. The zero-order chi connectivity index (χ0) is 10.3. The average molecular weight is 201 g/mol. The lowest BCUT2D eigenvalue weighted by Crippen LogP contribution is -2.08. The summed E-state index contributed by atoms with van der Waals surface area (Å²) in [6.07, 6.45) is 8.05. The van der Waals surface area contributed by atoms with Gasteiger partial charge in [0.05, 0.1) is 0 Å². The highest BCUT2D eigenvalue weighted by Gasteiger charge is 2.55. The first kappa shape index (κ1) is 9.08. The van der Waals surface area contributed by atoms with Crippen molar-refractivity contribution in [2.24, 2.45) is 17.8 Å². The number of Topliss-reactive ketones (excluding diaryl/α,β-unsaturated/α-hetero) is 1. The van der Waals surface area contributed by atoms with Gasteiger partial charge in [0.15, 0.2) is 0 Å². The molecule has 2 nitrogen and oxygen atoms in total. The average Bonchev–Trinajstić information content (AvgIpc) is 2.75. The van der Waals surface area contributed by atoms with Gasteiger partial charge in [0.1, 0.15) is 5.78 Å². The van der Waals surface area contributed by atoms with E-state index in [9.17, 15) is 4.79 Å². The molecule has 1 aromatic heterocycles. The number of carbonyl (C=O) groups is 1. The molecule has 1 aromatic rings. The van der Waals surface area contributed by atoms with Crippen LogP contribution in [0, 0.1) is 17.8 Å². The maximum absolute atomic E-state index is 12.0. The Labute approximate surface area is 89.7 Å². The quantitative estimate of drug-likeness (QED) is 0.750. The first-order valence-corrected chi connectivity index (χ1v) is 5.78. The molecule has 0 radical (unpaired) electrons. The van der Waals surface area contributed by atoms with Gasteiger partial charge in [-0.3, -0.25) is 9.78 Å². The Bertz CT molecular complexity index is 363. The molecular formula is C13H15NO. The molecule has 2 atom stereocenters. The number of aromatic nitrogens is 1. The summed E-state index contributed by atoms with van der Waals surface area (Å²) in [5.74, 6) is 2.36. The third kappa shape index (κ3) is 1.58. The minimum absolute atomic E-state index is 0.409. The van der Waals surface area contributed by atoms with Crippen molar-refractivity contribution in [2.45, 2.75) is 25.7 Å². The zero-order valence-electron chi connectivity index (χ0n) is 8.73.